The number of nitrogens with zero attached hydrogens (tertiary/aromatic N) is 2. The number of ether oxygens (including phenoxy) is 2. The first-order valence-electron chi connectivity index (χ1n) is 10.8. The number of benzene rings is 1. The maximum absolute atomic E-state index is 13.4. The van der Waals surface area contributed by atoms with Crippen molar-refractivity contribution in [2.75, 3.05) is 20.3 Å². The number of methoxy groups -OCH3 is 1. The zero-order valence-electron chi connectivity index (χ0n) is 19.1. The van der Waals surface area contributed by atoms with Gasteiger partial charge >= 0.3 is 5.97 Å². The van der Waals surface area contributed by atoms with Crippen LogP contribution in [0.3, 0.4) is 0 Å². The molecule has 1 aromatic carbocycles. The van der Waals surface area contributed by atoms with Crippen LogP contribution in [-0.4, -0.2) is 47.7 Å². The average Bonchev–Trinajstić information content (AvgIpc) is 3.45. The zero-order valence-corrected chi connectivity index (χ0v) is 20.6. The summed E-state index contributed by atoms with van der Waals surface area (Å²) >= 11 is 12.3. The fraction of sp³-hybridized carbons (Fsp3) is 0.360. The van der Waals surface area contributed by atoms with E-state index in [1.54, 1.807) is 30.0 Å². The molecule has 1 fully saturated rings. The molecule has 2 aliphatic rings. The highest BCUT2D eigenvalue weighted by atomic mass is 35.5. The fourth-order valence-electron chi connectivity index (χ4n) is 4.55. The SMILES string of the molecule is COC(=O)C1=C(C)N(CC2CCCO2)C(=O)/C1=C/c1cc(C)n(-c2ccc(Cl)c(Cl)c2)c1C. The molecule has 33 heavy (non-hydrogen) atoms. The molecule has 1 unspecified atom stereocenters. The summed E-state index contributed by atoms with van der Waals surface area (Å²) in [7, 11) is 1.32. The molecule has 1 atom stereocenters. The van der Waals surface area contributed by atoms with Crippen molar-refractivity contribution in [3.05, 3.63) is 68.1 Å². The molecule has 6 nitrogen and oxygen atoms in total. The molecule has 1 saturated heterocycles. The van der Waals surface area contributed by atoms with Crippen molar-refractivity contribution < 1.29 is 19.1 Å². The number of aryl methyl sites for hydroxylation is 1. The first-order chi connectivity index (χ1) is 15.7. The lowest BCUT2D eigenvalue weighted by molar-refractivity contribution is -0.136. The molecule has 0 bridgehead atoms. The minimum atomic E-state index is -0.528. The van der Waals surface area contributed by atoms with Gasteiger partial charge in [0, 0.05) is 29.4 Å². The molecule has 1 amide bonds. The van der Waals surface area contributed by atoms with E-state index in [1.807, 2.05) is 30.5 Å². The van der Waals surface area contributed by atoms with Crippen LogP contribution in [-0.2, 0) is 19.1 Å². The number of hydrogen-bond donors (Lipinski definition) is 0. The standard InChI is InChI=1S/C25H26Cl2N2O4/c1-14-10-17(15(2)29(14)18-7-8-21(26)22(27)12-18)11-20-23(25(31)32-4)16(3)28(24(20)30)13-19-6-5-9-33-19/h7-8,10-12,19H,5-6,9,13H2,1-4H3/b20-11+. The van der Waals surface area contributed by atoms with Gasteiger partial charge in [-0.25, -0.2) is 4.79 Å². The summed E-state index contributed by atoms with van der Waals surface area (Å²) in [6, 6.07) is 7.42. The molecule has 3 heterocycles. The van der Waals surface area contributed by atoms with Crippen molar-refractivity contribution in [2.24, 2.45) is 0 Å². The van der Waals surface area contributed by atoms with Crippen LogP contribution in [0.5, 0.6) is 0 Å². The number of allylic oxidation sites excluding steroid dienone is 1. The van der Waals surface area contributed by atoms with Crippen LogP contribution >= 0.6 is 23.2 Å². The smallest absolute Gasteiger partial charge is 0.340 e. The zero-order chi connectivity index (χ0) is 23.9. The van der Waals surface area contributed by atoms with E-state index < -0.39 is 5.97 Å². The Hall–Kier alpha value is -2.54. The lowest BCUT2D eigenvalue weighted by atomic mass is 10.0. The topological polar surface area (TPSA) is 60.8 Å². The third-order valence-electron chi connectivity index (χ3n) is 6.24. The number of aromatic nitrogens is 1. The summed E-state index contributed by atoms with van der Waals surface area (Å²) in [6.45, 7) is 6.83. The molecular weight excluding hydrogens is 463 g/mol. The number of halogens is 2. The van der Waals surface area contributed by atoms with Crippen molar-refractivity contribution in [3.63, 3.8) is 0 Å². The van der Waals surface area contributed by atoms with Crippen molar-refractivity contribution >= 4 is 41.2 Å². The predicted octanol–water partition coefficient (Wildman–Crippen LogP) is 5.25. The molecule has 0 spiro atoms. The van der Waals surface area contributed by atoms with Gasteiger partial charge in [0.25, 0.3) is 5.91 Å². The number of amides is 1. The summed E-state index contributed by atoms with van der Waals surface area (Å²) in [4.78, 5) is 27.7. The summed E-state index contributed by atoms with van der Waals surface area (Å²) in [6.07, 6.45) is 3.61. The van der Waals surface area contributed by atoms with E-state index in [0.717, 1.165) is 35.5 Å². The molecule has 1 aromatic heterocycles. The summed E-state index contributed by atoms with van der Waals surface area (Å²) < 4.78 is 12.8. The van der Waals surface area contributed by atoms with Gasteiger partial charge < -0.3 is 18.9 Å². The molecule has 174 valence electrons. The molecule has 0 aliphatic carbocycles. The first kappa shape index (κ1) is 23.6. The third-order valence-corrected chi connectivity index (χ3v) is 6.98. The molecule has 0 radical (unpaired) electrons. The summed E-state index contributed by atoms with van der Waals surface area (Å²) in [5, 5.41) is 0.945. The van der Waals surface area contributed by atoms with Gasteiger partial charge in [0.1, 0.15) is 0 Å². The van der Waals surface area contributed by atoms with Gasteiger partial charge in [-0.15, -0.1) is 0 Å². The summed E-state index contributed by atoms with van der Waals surface area (Å²) in [5.41, 5.74) is 4.76. The Morgan fingerprint density at radius 1 is 1.21 bits per heavy atom. The lowest BCUT2D eigenvalue weighted by Gasteiger charge is -2.21. The molecular formula is C25H26Cl2N2O4. The maximum Gasteiger partial charge on any atom is 0.340 e. The Kier molecular flexibility index (Phi) is 6.71. The third kappa shape index (κ3) is 4.35. The largest absolute Gasteiger partial charge is 0.465 e. The molecule has 4 rings (SSSR count). The van der Waals surface area contributed by atoms with Crippen molar-refractivity contribution in [3.8, 4) is 5.69 Å². The van der Waals surface area contributed by atoms with Gasteiger partial charge in [-0.2, -0.15) is 0 Å². The Labute approximate surface area is 203 Å². The van der Waals surface area contributed by atoms with E-state index in [0.29, 0.717) is 40.0 Å². The van der Waals surface area contributed by atoms with Crippen LogP contribution in [0.15, 0.2) is 41.1 Å². The second-order valence-electron chi connectivity index (χ2n) is 8.32. The number of hydrogen-bond acceptors (Lipinski definition) is 4. The van der Waals surface area contributed by atoms with Gasteiger partial charge in [0.2, 0.25) is 0 Å². The van der Waals surface area contributed by atoms with Gasteiger partial charge in [-0.05, 0) is 69.5 Å². The molecule has 0 saturated carbocycles. The molecule has 2 aromatic rings. The van der Waals surface area contributed by atoms with Crippen molar-refractivity contribution in [1.29, 1.82) is 0 Å². The number of esters is 1. The van der Waals surface area contributed by atoms with E-state index in [-0.39, 0.29) is 12.0 Å². The normalized spacial score (nSPS) is 19.8. The maximum atomic E-state index is 13.4. The minimum Gasteiger partial charge on any atom is -0.465 e. The molecule has 8 heteroatoms. The van der Waals surface area contributed by atoms with Crippen LogP contribution in [0.4, 0.5) is 0 Å². The highest BCUT2D eigenvalue weighted by molar-refractivity contribution is 6.42. The Balaban J connectivity index is 1.76. The van der Waals surface area contributed by atoms with Crippen molar-refractivity contribution in [2.45, 2.75) is 39.7 Å². The summed E-state index contributed by atoms with van der Waals surface area (Å²) in [5.74, 6) is -0.747. The number of rotatable bonds is 5. The van der Waals surface area contributed by atoms with E-state index >= 15 is 0 Å². The predicted molar refractivity (Wildman–Crippen MR) is 129 cm³/mol. The van der Waals surface area contributed by atoms with E-state index in [1.165, 1.54) is 7.11 Å². The van der Waals surface area contributed by atoms with Crippen molar-refractivity contribution in [1.82, 2.24) is 9.47 Å². The van der Waals surface area contributed by atoms with Gasteiger partial charge in [0.05, 0.1) is 40.9 Å². The van der Waals surface area contributed by atoms with Gasteiger partial charge in [-0.1, -0.05) is 23.2 Å². The highest BCUT2D eigenvalue weighted by Crippen LogP contribution is 2.34. The molecule has 2 aliphatic heterocycles. The minimum absolute atomic E-state index is 0.0261. The Morgan fingerprint density at radius 2 is 1.97 bits per heavy atom. The second kappa shape index (κ2) is 9.37. The average molecular weight is 489 g/mol. The second-order valence-corrected chi connectivity index (χ2v) is 9.14. The Bertz CT molecular complexity index is 1190. The number of carbonyl (C=O) groups excluding carboxylic acids is 2. The van der Waals surface area contributed by atoms with E-state index in [2.05, 4.69) is 0 Å². The monoisotopic (exact) mass is 488 g/mol. The van der Waals surface area contributed by atoms with Crippen LogP contribution in [0.25, 0.3) is 11.8 Å². The Morgan fingerprint density at radius 3 is 2.61 bits per heavy atom. The van der Waals surface area contributed by atoms with Gasteiger partial charge in [-0.3, -0.25) is 4.79 Å². The van der Waals surface area contributed by atoms with Gasteiger partial charge in [0.15, 0.2) is 0 Å². The number of carbonyl (C=O) groups is 2. The van der Waals surface area contributed by atoms with E-state index in [4.69, 9.17) is 32.7 Å². The van der Waals surface area contributed by atoms with E-state index in [9.17, 15) is 9.59 Å². The fourth-order valence-corrected chi connectivity index (χ4v) is 4.84. The molecule has 0 N–H and O–H groups in total. The van der Waals surface area contributed by atoms with Crippen LogP contribution in [0.2, 0.25) is 10.0 Å². The van der Waals surface area contributed by atoms with Crippen LogP contribution in [0, 0.1) is 13.8 Å². The quantitative estimate of drug-likeness (QED) is 0.425. The van der Waals surface area contributed by atoms with Crippen LogP contribution in [0.1, 0.15) is 36.7 Å². The highest BCUT2D eigenvalue weighted by Gasteiger charge is 2.38. The van der Waals surface area contributed by atoms with Crippen LogP contribution < -0.4 is 0 Å². The first-order valence-corrected chi connectivity index (χ1v) is 11.6. The lowest BCUT2D eigenvalue weighted by Crippen LogP contribution is -2.33.